The molecule has 1 aromatic rings. The third kappa shape index (κ3) is 3.77. The number of hydrogen-bond donors (Lipinski definition) is 2. The van der Waals surface area contributed by atoms with Crippen LogP contribution in [0.1, 0.15) is 5.56 Å². The minimum atomic E-state index is 0.717. The predicted octanol–water partition coefficient (Wildman–Crippen LogP) is 1.55. The van der Waals surface area contributed by atoms with E-state index in [1.165, 1.54) is 6.20 Å². The van der Waals surface area contributed by atoms with E-state index >= 15 is 0 Å². The van der Waals surface area contributed by atoms with E-state index < -0.39 is 0 Å². The normalized spacial score (nSPS) is 11.9. The van der Waals surface area contributed by atoms with Gasteiger partial charge in [0.05, 0.1) is 7.11 Å². The molecule has 0 aliphatic carbocycles. The second-order valence-electron chi connectivity index (χ2n) is 3.15. The Morgan fingerprint density at radius 3 is 2.53 bits per heavy atom. The van der Waals surface area contributed by atoms with Crippen LogP contribution in [0.15, 0.2) is 48.3 Å². The number of hydrogen-bond acceptors (Lipinski definition) is 3. The standard InChI is InChI=1S/C12H16N2O/c1-15-12-6-4-10(5-7-12)9-11(14)3-2-8-13/h2-8H,9,13-14H2,1H3/b8-2-,11-3-. The van der Waals surface area contributed by atoms with E-state index in [-0.39, 0.29) is 0 Å². The maximum Gasteiger partial charge on any atom is 0.118 e. The molecular formula is C12H16N2O. The second kappa shape index (κ2) is 5.75. The van der Waals surface area contributed by atoms with Crippen LogP contribution >= 0.6 is 0 Å². The van der Waals surface area contributed by atoms with Gasteiger partial charge < -0.3 is 16.2 Å². The van der Waals surface area contributed by atoms with Gasteiger partial charge in [-0.15, -0.1) is 0 Å². The largest absolute Gasteiger partial charge is 0.497 e. The first-order valence-corrected chi connectivity index (χ1v) is 4.72. The third-order valence-electron chi connectivity index (χ3n) is 1.99. The lowest BCUT2D eigenvalue weighted by Gasteiger charge is -2.03. The maximum absolute atomic E-state index is 5.79. The van der Waals surface area contributed by atoms with Crippen molar-refractivity contribution in [3.63, 3.8) is 0 Å². The van der Waals surface area contributed by atoms with Gasteiger partial charge in [0.1, 0.15) is 5.75 Å². The Morgan fingerprint density at radius 1 is 1.33 bits per heavy atom. The van der Waals surface area contributed by atoms with E-state index in [0.717, 1.165) is 17.0 Å². The second-order valence-corrected chi connectivity index (χ2v) is 3.15. The molecule has 0 aliphatic rings. The molecule has 0 atom stereocenters. The van der Waals surface area contributed by atoms with Gasteiger partial charge in [-0.05, 0) is 36.0 Å². The minimum absolute atomic E-state index is 0.717. The lowest BCUT2D eigenvalue weighted by Crippen LogP contribution is -2.00. The van der Waals surface area contributed by atoms with Crippen molar-refractivity contribution in [2.24, 2.45) is 11.5 Å². The first-order valence-electron chi connectivity index (χ1n) is 4.72. The summed E-state index contributed by atoms with van der Waals surface area (Å²) in [6.45, 7) is 0. The molecule has 0 fully saturated rings. The lowest BCUT2D eigenvalue weighted by molar-refractivity contribution is 0.414. The molecule has 0 unspecified atom stereocenters. The van der Waals surface area contributed by atoms with Gasteiger partial charge >= 0.3 is 0 Å². The van der Waals surface area contributed by atoms with Crippen molar-refractivity contribution < 1.29 is 4.74 Å². The Hall–Kier alpha value is -1.90. The molecule has 1 rings (SSSR count). The van der Waals surface area contributed by atoms with Gasteiger partial charge in [-0.1, -0.05) is 12.1 Å². The lowest BCUT2D eigenvalue weighted by atomic mass is 10.1. The smallest absolute Gasteiger partial charge is 0.118 e. The summed E-state index contributed by atoms with van der Waals surface area (Å²) >= 11 is 0. The number of benzene rings is 1. The van der Waals surface area contributed by atoms with Crippen molar-refractivity contribution in [3.05, 3.63) is 53.9 Å². The molecule has 0 heterocycles. The van der Waals surface area contributed by atoms with Crippen molar-refractivity contribution in [2.45, 2.75) is 6.42 Å². The summed E-state index contributed by atoms with van der Waals surface area (Å²) in [6, 6.07) is 7.82. The van der Waals surface area contributed by atoms with Crippen LogP contribution < -0.4 is 16.2 Å². The Labute approximate surface area is 90.0 Å². The fourth-order valence-electron chi connectivity index (χ4n) is 1.22. The average Bonchev–Trinajstić information content (AvgIpc) is 2.27. The Bertz CT molecular complexity index is 352. The van der Waals surface area contributed by atoms with E-state index in [4.69, 9.17) is 16.2 Å². The summed E-state index contributed by atoms with van der Waals surface area (Å²) in [5.74, 6) is 0.850. The molecule has 0 spiro atoms. The highest BCUT2D eigenvalue weighted by Crippen LogP contribution is 2.12. The summed E-state index contributed by atoms with van der Waals surface area (Å²) in [5, 5.41) is 0. The molecule has 0 radical (unpaired) electrons. The molecule has 15 heavy (non-hydrogen) atoms. The van der Waals surface area contributed by atoms with Crippen LogP contribution in [0, 0.1) is 0 Å². The van der Waals surface area contributed by atoms with Crippen molar-refractivity contribution in [1.29, 1.82) is 0 Å². The first-order chi connectivity index (χ1) is 7.26. The summed E-state index contributed by atoms with van der Waals surface area (Å²) < 4.78 is 5.07. The predicted molar refractivity (Wildman–Crippen MR) is 62.3 cm³/mol. The molecular weight excluding hydrogens is 188 g/mol. The zero-order valence-electron chi connectivity index (χ0n) is 8.81. The summed E-state index contributed by atoms with van der Waals surface area (Å²) in [4.78, 5) is 0. The highest BCUT2D eigenvalue weighted by molar-refractivity contribution is 5.30. The number of methoxy groups -OCH3 is 1. The molecule has 1 aromatic carbocycles. The SMILES string of the molecule is COc1ccc(C/C(N)=C/C=C\N)cc1. The van der Waals surface area contributed by atoms with Gasteiger partial charge in [0.15, 0.2) is 0 Å². The highest BCUT2D eigenvalue weighted by atomic mass is 16.5. The minimum Gasteiger partial charge on any atom is -0.497 e. The van der Waals surface area contributed by atoms with E-state index in [1.807, 2.05) is 24.3 Å². The molecule has 80 valence electrons. The van der Waals surface area contributed by atoms with E-state index in [1.54, 1.807) is 19.3 Å². The number of rotatable bonds is 4. The van der Waals surface area contributed by atoms with Gasteiger partial charge in [-0.25, -0.2) is 0 Å². The molecule has 3 nitrogen and oxygen atoms in total. The first kappa shape index (κ1) is 11.2. The molecule has 0 aliphatic heterocycles. The van der Waals surface area contributed by atoms with Crippen molar-refractivity contribution in [1.82, 2.24) is 0 Å². The van der Waals surface area contributed by atoms with Crippen LogP contribution in [0.4, 0.5) is 0 Å². The van der Waals surface area contributed by atoms with Gasteiger partial charge in [-0.2, -0.15) is 0 Å². The summed E-state index contributed by atoms with van der Waals surface area (Å²) in [7, 11) is 1.65. The highest BCUT2D eigenvalue weighted by Gasteiger charge is 1.95. The van der Waals surface area contributed by atoms with E-state index in [9.17, 15) is 0 Å². The van der Waals surface area contributed by atoms with Crippen molar-refractivity contribution >= 4 is 0 Å². The van der Waals surface area contributed by atoms with Crippen LogP contribution in [0.5, 0.6) is 5.75 Å². The van der Waals surface area contributed by atoms with Crippen molar-refractivity contribution in [3.8, 4) is 5.75 Å². The zero-order valence-corrected chi connectivity index (χ0v) is 8.81. The topological polar surface area (TPSA) is 61.3 Å². The van der Waals surface area contributed by atoms with E-state index in [2.05, 4.69) is 0 Å². The van der Waals surface area contributed by atoms with Gasteiger partial charge in [-0.3, -0.25) is 0 Å². The summed E-state index contributed by atoms with van der Waals surface area (Å²) in [5.41, 5.74) is 12.9. The Balaban J connectivity index is 2.64. The van der Waals surface area contributed by atoms with Crippen LogP contribution in [0.2, 0.25) is 0 Å². The van der Waals surface area contributed by atoms with Crippen LogP contribution in [0.25, 0.3) is 0 Å². The molecule has 0 amide bonds. The zero-order chi connectivity index (χ0) is 11.1. The average molecular weight is 204 g/mol. The van der Waals surface area contributed by atoms with Gasteiger partial charge in [0.25, 0.3) is 0 Å². The fourth-order valence-corrected chi connectivity index (χ4v) is 1.22. The molecule has 3 heteroatoms. The monoisotopic (exact) mass is 204 g/mol. The van der Waals surface area contributed by atoms with E-state index in [0.29, 0.717) is 6.42 Å². The van der Waals surface area contributed by atoms with Crippen LogP contribution in [-0.2, 0) is 6.42 Å². The summed E-state index contributed by atoms with van der Waals surface area (Å²) in [6.07, 6.45) is 5.69. The fraction of sp³-hybridized carbons (Fsp3) is 0.167. The molecule has 0 bridgehead atoms. The van der Waals surface area contributed by atoms with Crippen LogP contribution in [-0.4, -0.2) is 7.11 Å². The number of nitrogens with two attached hydrogens (primary N) is 2. The Kier molecular flexibility index (Phi) is 4.29. The van der Waals surface area contributed by atoms with Gasteiger partial charge in [0, 0.05) is 12.1 Å². The third-order valence-corrected chi connectivity index (χ3v) is 1.99. The quantitative estimate of drug-likeness (QED) is 0.731. The van der Waals surface area contributed by atoms with Crippen molar-refractivity contribution in [2.75, 3.05) is 7.11 Å². The molecule has 0 aromatic heterocycles. The molecule has 0 saturated heterocycles. The van der Waals surface area contributed by atoms with Gasteiger partial charge in [0.2, 0.25) is 0 Å². The number of allylic oxidation sites excluding steroid dienone is 3. The van der Waals surface area contributed by atoms with Crippen LogP contribution in [0.3, 0.4) is 0 Å². The number of ether oxygens (including phenoxy) is 1. The molecule has 4 N–H and O–H groups in total. The molecule has 0 saturated carbocycles. The Morgan fingerprint density at radius 2 is 2.00 bits per heavy atom. The maximum atomic E-state index is 5.79.